The second kappa shape index (κ2) is 6.18. The monoisotopic (exact) mass is 256 g/mol. The fraction of sp³-hybridized carbons (Fsp3) is 0.333. The highest BCUT2D eigenvalue weighted by Crippen LogP contribution is 2.21. The van der Waals surface area contributed by atoms with Gasteiger partial charge in [-0.1, -0.05) is 24.3 Å². The lowest BCUT2D eigenvalue weighted by Crippen LogP contribution is -2.10. The summed E-state index contributed by atoms with van der Waals surface area (Å²) in [6.45, 7) is 7.10. The molecule has 0 bridgehead atoms. The molecular weight excluding hydrogens is 236 g/mol. The number of nitrogens with one attached hydrogen (secondary N) is 2. The first kappa shape index (κ1) is 13.3. The Morgan fingerprint density at radius 3 is 2.74 bits per heavy atom. The third kappa shape index (κ3) is 3.44. The van der Waals surface area contributed by atoms with Gasteiger partial charge in [-0.2, -0.15) is 4.98 Å². The van der Waals surface area contributed by atoms with Gasteiger partial charge < -0.3 is 10.6 Å². The highest BCUT2D eigenvalue weighted by molar-refractivity contribution is 5.43. The van der Waals surface area contributed by atoms with Crippen molar-refractivity contribution in [2.24, 2.45) is 0 Å². The van der Waals surface area contributed by atoms with E-state index in [0.29, 0.717) is 5.95 Å². The van der Waals surface area contributed by atoms with E-state index in [1.807, 2.05) is 13.0 Å². The molecular formula is C15H20N4. The highest BCUT2D eigenvalue weighted by Gasteiger charge is 2.08. The Bertz CT molecular complexity index is 539. The Morgan fingerprint density at radius 2 is 2.00 bits per heavy atom. The van der Waals surface area contributed by atoms with E-state index in [1.54, 1.807) is 6.20 Å². The topological polar surface area (TPSA) is 49.8 Å². The molecule has 4 heteroatoms. The first-order valence-electron chi connectivity index (χ1n) is 6.59. The summed E-state index contributed by atoms with van der Waals surface area (Å²) >= 11 is 0. The van der Waals surface area contributed by atoms with Crippen LogP contribution in [-0.4, -0.2) is 16.5 Å². The maximum atomic E-state index is 4.42. The van der Waals surface area contributed by atoms with Crippen LogP contribution < -0.4 is 10.6 Å². The molecule has 1 aromatic carbocycles. The molecule has 19 heavy (non-hydrogen) atoms. The smallest absolute Gasteiger partial charge is 0.224 e. The van der Waals surface area contributed by atoms with Crippen molar-refractivity contribution in [2.75, 3.05) is 17.2 Å². The van der Waals surface area contributed by atoms with Gasteiger partial charge in [-0.15, -0.1) is 0 Å². The van der Waals surface area contributed by atoms with E-state index in [2.05, 4.69) is 58.7 Å². The molecule has 4 nitrogen and oxygen atoms in total. The van der Waals surface area contributed by atoms with Crippen LogP contribution in [0.5, 0.6) is 0 Å². The SMILES string of the molecule is CCNc1nccc(NC(C)c2ccccc2C)n1. The van der Waals surface area contributed by atoms with E-state index in [0.717, 1.165) is 12.4 Å². The third-order valence-corrected chi connectivity index (χ3v) is 3.01. The van der Waals surface area contributed by atoms with Gasteiger partial charge >= 0.3 is 0 Å². The Balaban J connectivity index is 2.12. The summed E-state index contributed by atoms with van der Waals surface area (Å²) in [4.78, 5) is 8.59. The minimum atomic E-state index is 0.213. The number of aromatic nitrogens is 2. The molecule has 0 aliphatic heterocycles. The maximum Gasteiger partial charge on any atom is 0.224 e. The predicted octanol–water partition coefficient (Wildman–Crippen LogP) is 3.39. The van der Waals surface area contributed by atoms with Crippen molar-refractivity contribution in [3.05, 3.63) is 47.7 Å². The van der Waals surface area contributed by atoms with Crippen molar-refractivity contribution in [2.45, 2.75) is 26.8 Å². The molecule has 2 rings (SSSR count). The van der Waals surface area contributed by atoms with Gasteiger partial charge in [0.2, 0.25) is 5.95 Å². The second-order valence-corrected chi connectivity index (χ2v) is 4.52. The van der Waals surface area contributed by atoms with Crippen LogP contribution in [0.15, 0.2) is 36.5 Å². The van der Waals surface area contributed by atoms with Gasteiger partial charge in [-0.3, -0.25) is 0 Å². The summed E-state index contributed by atoms with van der Waals surface area (Å²) in [5.74, 6) is 1.49. The zero-order valence-corrected chi connectivity index (χ0v) is 11.6. The molecule has 2 aromatic rings. The van der Waals surface area contributed by atoms with E-state index in [9.17, 15) is 0 Å². The van der Waals surface area contributed by atoms with Gasteiger partial charge in [0, 0.05) is 12.7 Å². The summed E-state index contributed by atoms with van der Waals surface area (Å²) < 4.78 is 0. The molecule has 1 aromatic heterocycles. The number of aryl methyl sites for hydroxylation is 1. The molecule has 0 saturated heterocycles. The molecule has 2 N–H and O–H groups in total. The fourth-order valence-corrected chi connectivity index (χ4v) is 2.05. The molecule has 0 saturated carbocycles. The number of rotatable bonds is 5. The third-order valence-electron chi connectivity index (χ3n) is 3.01. The first-order valence-corrected chi connectivity index (χ1v) is 6.59. The molecule has 100 valence electrons. The molecule has 0 fully saturated rings. The van der Waals surface area contributed by atoms with Crippen LogP contribution in [0.3, 0.4) is 0 Å². The molecule has 1 unspecified atom stereocenters. The van der Waals surface area contributed by atoms with Gasteiger partial charge in [0.1, 0.15) is 5.82 Å². The zero-order chi connectivity index (χ0) is 13.7. The van der Waals surface area contributed by atoms with E-state index >= 15 is 0 Å². The van der Waals surface area contributed by atoms with E-state index in [4.69, 9.17) is 0 Å². The largest absolute Gasteiger partial charge is 0.363 e. The Hall–Kier alpha value is -2.10. The Labute approximate surface area is 114 Å². The highest BCUT2D eigenvalue weighted by atomic mass is 15.1. The van der Waals surface area contributed by atoms with Gasteiger partial charge in [-0.25, -0.2) is 4.98 Å². The molecule has 0 aliphatic carbocycles. The van der Waals surface area contributed by atoms with Crippen LogP contribution in [0.4, 0.5) is 11.8 Å². The minimum absolute atomic E-state index is 0.213. The summed E-state index contributed by atoms with van der Waals surface area (Å²) in [7, 11) is 0. The van der Waals surface area contributed by atoms with Crippen molar-refractivity contribution in [1.82, 2.24) is 9.97 Å². The van der Waals surface area contributed by atoms with Crippen molar-refractivity contribution >= 4 is 11.8 Å². The molecule has 0 amide bonds. The van der Waals surface area contributed by atoms with Crippen LogP contribution in [0.25, 0.3) is 0 Å². The van der Waals surface area contributed by atoms with Gasteiger partial charge in [-0.05, 0) is 38.0 Å². The average molecular weight is 256 g/mol. The molecule has 0 aliphatic rings. The number of nitrogens with zero attached hydrogens (tertiary/aromatic N) is 2. The standard InChI is InChI=1S/C15H20N4/c1-4-16-15-17-10-9-14(19-15)18-12(3)13-8-6-5-7-11(13)2/h5-10,12H,4H2,1-3H3,(H2,16,17,18,19). The van der Waals surface area contributed by atoms with Gasteiger partial charge in [0.15, 0.2) is 0 Å². The van der Waals surface area contributed by atoms with Crippen LogP contribution in [-0.2, 0) is 0 Å². The van der Waals surface area contributed by atoms with E-state index in [-0.39, 0.29) is 6.04 Å². The van der Waals surface area contributed by atoms with Crippen molar-refractivity contribution < 1.29 is 0 Å². The number of hydrogen-bond donors (Lipinski definition) is 2. The van der Waals surface area contributed by atoms with E-state index in [1.165, 1.54) is 11.1 Å². The number of benzene rings is 1. The lowest BCUT2D eigenvalue weighted by Gasteiger charge is -2.17. The van der Waals surface area contributed by atoms with Crippen LogP contribution in [0, 0.1) is 6.92 Å². The van der Waals surface area contributed by atoms with Crippen LogP contribution in [0.2, 0.25) is 0 Å². The zero-order valence-electron chi connectivity index (χ0n) is 11.6. The molecule has 0 spiro atoms. The lowest BCUT2D eigenvalue weighted by molar-refractivity contribution is 0.862. The average Bonchev–Trinajstić information content (AvgIpc) is 2.40. The lowest BCUT2D eigenvalue weighted by atomic mass is 10.0. The normalized spacial score (nSPS) is 11.9. The van der Waals surface area contributed by atoms with E-state index < -0.39 is 0 Å². The number of hydrogen-bond acceptors (Lipinski definition) is 4. The Kier molecular flexibility index (Phi) is 4.34. The summed E-state index contributed by atoms with van der Waals surface area (Å²) in [6, 6.07) is 10.5. The van der Waals surface area contributed by atoms with Crippen LogP contribution >= 0.6 is 0 Å². The molecule has 1 heterocycles. The van der Waals surface area contributed by atoms with Gasteiger partial charge in [0.05, 0.1) is 6.04 Å². The molecule has 0 radical (unpaired) electrons. The minimum Gasteiger partial charge on any atom is -0.363 e. The summed E-state index contributed by atoms with van der Waals surface area (Å²) in [5.41, 5.74) is 2.56. The van der Waals surface area contributed by atoms with Crippen LogP contribution in [0.1, 0.15) is 31.0 Å². The van der Waals surface area contributed by atoms with Crippen molar-refractivity contribution in [3.63, 3.8) is 0 Å². The summed E-state index contributed by atoms with van der Waals surface area (Å²) in [6.07, 6.45) is 1.76. The quantitative estimate of drug-likeness (QED) is 0.861. The maximum absolute atomic E-state index is 4.42. The fourth-order valence-electron chi connectivity index (χ4n) is 2.05. The van der Waals surface area contributed by atoms with Crippen molar-refractivity contribution in [3.8, 4) is 0 Å². The first-order chi connectivity index (χ1) is 9.20. The molecule has 1 atom stereocenters. The van der Waals surface area contributed by atoms with Gasteiger partial charge in [0.25, 0.3) is 0 Å². The predicted molar refractivity (Wildman–Crippen MR) is 79.4 cm³/mol. The van der Waals surface area contributed by atoms with Crippen molar-refractivity contribution in [1.29, 1.82) is 0 Å². The number of anilines is 2. The second-order valence-electron chi connectivity index (χ2n) is 4.52. The Morgan fingerprint density at radius 1 is 1.21 bits per heavy atom. The summed E-state index contributed by atoms with van der Waals surface area (Å²) in [5, 5.41) is 6.52.